The lowest BCUT2D eigenvalue weighted by Gasteiger charge is -2.02. The van der Waals surface area contributed by atoms with E-state index in [2.05, 4.69) is 243 Å². The van der Waals surface area contributed by atoms with Crippen molar-refractivity contribution in [3.63, 3.8) is 0 Å². The van der Waals surface area contributed by atoms with Gasteiger partial charge in [-0.2, -0.15) is 27.0 Å². The van der Waals surface area contributed by atoms with Crippen LogP contribution in [-0.4, -0.2) is 0 Å². The van der Waals surface area contributed by atoms with Gasteiger partial charge in [0.1, 0.15) is 0 Å². The minimum Gasteiger partial charge on any atom is -0.197 e. The molecule has 0 bridgehead atoms. The van der Waals surface area contributed by atoms with E-state index in [0.29, 0.717) is 0 Å². The van der Waals surface area contributed by atoms with Crippen LogP contribution in [0.3, 0.4) is 0 Å². The fourth-order valence-corrected chi connectivity index (χ4v) is 7.82. The highest BCUT2D eigenvalue weighted by Gasteiger charge is 2.00. The van der Waals surface area contributed by atoms with Crippen LogP contribution in [0.5, 0.6) is 0 Å². The zero-order chi connectivity index (χ0) is 37.5. The van der Waals surface area contributed by atoms with E-state index in [1.165, 1.54) is 86.2 Å². The van der Waals surface area contributed by atoms with Gasteiger partial charge in [-0.3, -0.25) is 0 Å². The van der Waals surface area contributed by atoms with E-state index in [-0.39, 0.29) is 27.0 Å². The first-order valence-corrected chi connectivity index (χ1v) is 19.3. The highest BCUT2D eigenvalue weighted by atomic mass is 32.1. The maximum atomic E-state index is 2.18. The molecule has 0 aromatic heterocycles. The largest absolute Gasteiger partial charge is 0.197 e. The van der Waals surface area contributed by atoms with E-state index in [9.17, 15) is 0 Å². The Bertz CT molecular complexity index is 2610. The molecule has 0 saturated carbocycles. The van der Waals surface area contributed by atoms with Crippen LogP contribution < -0.4 is 0 Å². The SMILES string of the molecule is S.S.c1ccc2c(c1)ccc1ccccc12.c1ccc2c(c1)ccc1ccccc12.c1ccc2c(c1)ccc1ccccc12.c1ccc2c(c1)ccc1ccccc12. The molecule has 0 aliphatic carbocycles. The number of benzene rings is 12. The smallest absolute Gasteiger partial charge is 0.0105 e. The van der Waals surface area contributed by atoms with Crippen LogP contribution in [0.1, 0.15) is 0 Å². The summed E-state index contributed by atoms with van der Waals surface area (Å²) < 4.78 is 0. The summed E-state index contributed by atoms with van der Waals surface area (Å²) in [6.45, 7) is 0. The second-order valence-corrected chi connectivity index (χ2v) is 14.0. The Balaban J connectivity index is 0.000000116. The Morgan fingerprint density at radius 2 is 0.224 bits per heavy atom. The van der Waals surface area contributed by atoms with Crippen molar-refractivity contribution in [1.29, 1.82) is 0 Å². The Kier molecular flexibility index (Phi) is 12.7. The molecule has 58 heavy (non-hydrogen) atoms. The van der Waals surface area contributed by atoms with Crippen molar-refractivity contribution in [2.24, 2.45) is 0 Å². The summed E-state index contributed by atoms with van der Waals surface area (Å²) >= 11 is 0. The summed E-state index contributed by atoms with van der Waals surface area (Å²) in [6, 6.07) is 85.5. The normalized spacial score (nSPS) is 10.5. The van der Waals surface area contributed by atoms with Gasteiger partial charge in [-0.15, -0.1) is 0 Å². The predicted molar refractivity (Wildman–Crippen MR) is 267 cm³/mol. The Hall–Kier alpha value is -6.58. The minimum atomic E-state index is 0. The molecule has 12 rings (SSSR count). The summed E-state index contributed by atoms with van der Waals surface area (Å²) in [6.07, 6.45) is 0. The molecule has 0 unspecified atom stereocenters. The van der Waals surface area contributed by atoms with Crippen LogP contribution in [0.15, 0.2) is 243 Å². The number of fused-ring (bicyclic) bond motifs is 12. The molecule has 0 aliphatic rings. The first-order chi connectivity index (χ1) is 27.8. The van der Waals surface area contributed by atoms with Gasteiger partial charge in [-0.05, 0) is 86.2 Å². The van der Waals surface area contributed by atoms with Crippen LogP contribution in [-0.2, 0) is 0 Å². The summed E-state index contributed by atoms with van der Waals surface area (Å²) in [5.41, 5.74) is 0. The molecule has 0 amide bonds. The third-order valence-electron chi connectivity index (χ3n) is 10.6. The molecule has 0 nitrogen and oxygen atoms in total. The van der Waals surface area contributed by atoms with Crippen molar-refractivity contribution in [2.75, 3.05) is 0 Å². The molecule has 0 atom stereocenters. The van der Waals surface area contributed by atoms with Crippen molar-refractivity contribution in [2.45, 2.75) is 0 Å². The minimum absolute atomic E-state index is 0. The maximum Gasteiger partial charge on any atom is -0.0105 e. The molecular formula is C56H44S2. The van der Waals surface area contributed by atoms with E-state index in [1.807, 2.05) is 0 Å². The Morgan fingerprint density at radius 3 is 0.345 bits per heavy atom. The van der Waals surface area contributed by atoms with E-state index in [1.54, 1.807) is 0 Å². The topological polar surface area (TPSA) is 0 Å². The van der Waals surface area contributed by atoms with Gasteiger partial charge in [0, 0.05) is 0 Å². The molecule has 0 aliphatic heterocycles. The lowest BCUT2D eigenvalue weighted by atomic mass is 10.0. The van der Waals surface area contributed by atoms with Gasteiger partial charge in [-0.1, -0.05) is 243 Å². The molecule has 12 aromatic carbocycles. The highest BCUT2D eigenvalue weighted by molar-refractivity contribution is 7.59. The fraction of sp³-hybridized carbons (Fsp3) is 0. The third kappa shape index (κ3) is 8.40. The standard InChI is InChI=1S/4C14H10.2H2S/c4*1-3-7-13-11(5-1)9-10-12-6-2-4-8-14(12)13;;/h4*1-10H;2*1H2. The van der Waals surface area contributed by atoms with Gasteiger partial charge in [0.15, 0.2) is 0 Å². The quantitative estimate of drug-likeness (QED) is 0.134. The monoisotopic (exact) mass is 780 g/mol. The highest BCUT2D eigenvalue weighted by Crippen LogP contribution is 2.27. The van der Waals surface area contributed by atoms with Crippen LogP contribution in [0.25, 0.3) is 86.2 Å². The second kappa shape index (κ2) is 18.6. The average molecular weight is 781 g/mol. The predicted octanol–water partition coefficient (Wildman–Crippen LogP) is 16.2. The maximum absolute atomic E-state index is 2.18. The van der Waals surface area contributed by atoms with Crippen molar-refractivity contribution < 1.29 is 0 Å². The van der Waals surface area contributed by atoms with Crippen LogP contribution in [0.2, 0.25) is 0 Å². The van der Waals surface area contributed by atoms with E-state index < -0.39 is 0 Å². The molecular weight excluding hydrogens is 737 g/mol. The van der Waals surface area contributed by atoms with Crippen molar-refractivity contribution in [1.82, 2.24) is 0 Å². The second-order valence-electron chi connectivity index (χ2n) is 14.0. The summed E-state index contributed by atoms with van der Waals surface area (Å²) in [5, 5.41) is 21.2. The first-order valence-electron chi connectivity index (χ1n) is 19.3. The van der Waals surface area contributed by atoms with Crippen LogP contribution in [0, 0.1) is 0 Å². The number of rotatable bonds is 0. The lowest BCUT2D eigenvalue weighted by molar-refractivity contribution is 1.76. The average Bonchev–Trinajstić information content (AvgIpc) is 3.29. The van der Waals surface area contributed by atoms with E-state index >= 15 is 0 Å². The van der Waals surface area contributed by atoms with Crippen LogP contribution >= 0.6 is 27.0 Å². The molecule has 0 spiro atoms. The van der Waals surface area contributed by atoms with Gasteiger partial charge in [0.2, 0.25) is 0 Å². The van der Waals surface area contributed by atoms with Gasteiger partial charge < -0.3 is 0 Å². The summed E-state index contributed by atoms with van der Waals surface area (Å²) in [5.74, 6) is 0. The van der Waals surface area contributed by atoms with Crippen molar-refractivity contribution in [3.8, 4) is 0 Å². The molecule has 12 aromatic rings. The van der Waals surface area contributed by atoms with Crippen molar-refractivity contribution >= 4 is 113 Å². The number of hydrogen-bond acceptors (Lipinski definition) is 0. The van der Waals surface area contributed by atoms with Crippen molar-refractivity contribution in [3.05, 3.63) is 243 Å². The molecule has 0 radical (unpaired) electrons. The van der Waals surface area contributed by atoms with Gasteiger partial charge in [0.05, 0.1) is 0 Å². The first kappa shape index (κ1) is 39.6. The molecule has 280 valence electrons. The lowest BCUT2D eigenvalue weighted by Crippen LogP contribution is -1.75. The summed E-state index contributed by atoms with van der Waals surface area (Å²) in [7, 11) is 0. The molecule has 0 heterocycles. The van der Waals surface area contributed by atoms with E-state index in [0.717, 1.165) is 0 Å². The fourth-order valence-electron chi connectivity index (χ4n) is 7.82. The van der Waals surface area contributed by atoms with Crippen LogP contribution in [0.4, 0.5) is 0 Å². The molecule has 0 N–H and O–H groups in total. The van der Waals surface area contributed by atoms with Gasteiger partial charge in [-0.25, -0.2) is 0 Å². The van der Waals surface area contributed by atoms with Gasteiger partial charge in [0.25, 0.3) is 0 Å². The van der Waals surface area contributed by atoms with E-state index in [4.69, 9.17) is 0 Å². The summed E-state index contributed by atoms with van der Waals surface area (Å²) in [4.78, 5) is 0. The van der Waals surface area contributed by atoms with Gasteiger partial charge >= 0.3 is 0 Å². The molecule has 2 heteroatoms. The molecule has 0 saturated heterocycles. The number of hydrogen-bond donors (Lipinski definition) is 0. The zero-order valence-corrected chi connectivity index (χ0v) is 34.1. The Labute approximate surface area is 353 Å². The Morgan fingerprint density at radius 1 is 0.121 bits per heavy atom. The molecule has 0 fully saturated rings. The zero-order valence-electron chi connectivity index (χ0n) is 32.1. The third-order valence-corrected chi connectivity index (χ3v) is 10.6.